The van der Waals surface area contributed by atoms with Crippen LogP contribution in [0.15, 0.2) is 91.1 Å². The van der Waals surface area contributed by atoms with Crippen LogP contribution < -0.4 is 19.7 Å². The fourth-order valence-electron chi connectivity index (χ4n) is 5.22. The fraction of sp³-hybridized carbons (Fsp3) is 0.0938. The van der Waals surface area contributed by atoms with Gasteiger partial charge in [0.15, 0.2) is 0 Å². The van der Waals surface area contributed by atoms with Crippen LogP contribution in [0.25, 0.3) is 27.6 Å². The Bertz CT molecular complexity index is 1790. The number of aryl methyl sites for hydroxylation is 2. The smallest absolute Gasteiger partial charge is 0.537 e. The van der Waals surface area contributed by atoms with E-state index in [0.29, 0.717) is 11.5 Å². The van der Waals surface area contributed by atoms with Gasteiger partial charge >= 0.3 is 28.1 Å². The first-order valence-electron chi connectivity index (χ1n) is 12.6. The van der Waals surface area contributed by atoms with Crippen LogP contribution in [0.2, 0.25) is 0 Å². The quantitative estimate of drug-likeness (QED) is 0.159. The van der Waals surface area contributed by atoms with Gasteiger partial charge in [0.2, 0.25) is 0 Å². The zero-order chi connectivity index (χ0) is 25.8. The molecule has 0 radical (unpaired) electrons. The number of fused-ring (bicyclic) bond motifs is 4. The van der Waals surface area contributed by atoms with Gasteiger partial charge in [0.25, 0.3) is 0 Å². The molecule has 2 aromatic heterocycles. The average Bonchev–Trinajstić information content (AvgIpc) is 3.43. The van der Waals surface area contributed by atoms with Crippen molar-refractivity contribution in [2.24, 2.45) is 0 Å². The van der Waals surface area contributed by atoms with Gasteiger partial charge in [-0.3, -0.25) is 0 Å². The minimum atomic E-state index is -0.262. The molecule has 4 aromatic carbocycles. The molecule has 0 N–H and O–H groups in total. The third-order valence-corrected chi connectivity index (χ3v) is 7.00. The normalized spacial score (nSPS) is 12.4. The predicted molar refractivity (Wildman–Crippen MR) is 153 cm³/mol. The molecule has 1 aliphatic heterocycles. The molecule has 0 saturated heterocycles. The van der Waals surface area contributed by atoms with E-state index in [9.17, 15) is 0 Å². The van der Waals surface area contributed by atoms with Crippen molar-refractivity contribution < 1.29 is 30.5 Å². The van der Waals surface area contributed by atoms with Crippen LogP contribution in [0.5, 0.6) is 17.2 Å². The first-order valence-corrected chi connectivity index (χ1v) is 12.6. The first kappa shape index (κ1) is 25.3. The fourth-order valence-corrected chi connectivity index (χ4v) is 5.22. The molecule has 0 aliphatic carbocycles. The van der Waals surface area contributed by atoms with E-state index in [-0.39, 0.29) is 28.1 Å². The van der Waals surface area contributed by atoms with E-state index in [1.165, 1.54) is 10.9 Å². The second kappa shape index (κ2) is 9.94. The molecule has 0 spiro atoms. The Kier molecular flexibility index (Phi) is 6.44. The minimum absolute atomic E-state index is 0. The van der Waals surface area contributed by atoms with Crippen LogP contribution >= 0.6 is 0 Å². The maximum atomic E-state index is 6.27. The van der Waals surface area contributed by atoms with Gasteiger partial charge in [-0.05, 0) is 56.8 Å². The number of hydrogen-bond acceptors (Lipinski definition) is 4. The number of aromatic nitrogens is 2. The number of ether oxygens (including phenoxy) is 1. The van der Waals surface area contributed by atoms with Gasteiger partial charge in [0, 0.05) is 28.5 Å². The van der Waals surface area contributed by atoms with Gasteiger partial charge in [-0.25, -0.2) is 4.98 Å². The molecular formula is C32H24BN3O2Pt. The summed E-state index contributed by atoms with van der Waals surface area (Å²) in [5.74, 6) is 2.08. The Hall–Kier alpha value is -4.02. The Morgan fingerprint density at radius 3 is 2.44 bits per heavy atom. The van der Waals surface area contributed by atoms with Crippen LogP contribution in [0.1, 0.15) is 11.1 Å². The Morgan fingerprint density at radius 1 is 0.821 bits per heavy atom. The second-order valence-corrected chi connectivity index (χ2v) is 9.76. The zero-order valence-corrected chi connectivity index (χ0v) is 24.0. The predicted octanol–water partition coefficient (Wildman–Crippen LogP) is 6.41. The molecule has 0 unspecified atom stereocenters. The molecule has 0 fully saturated rings. The maximum Gasteiger partial charge on any atom is 2.00 e. The number of benzene rings is 4. The maximum absolute atomic E-state index is 6.27. The van der Waals surface area contributed by atoms with Crippen LogP contribution in [0.3, 0.4) is 0 Å². The monoisotopic (exact) mass is 688 g/mol. The summed E-state index contributed by atoms with van der Waals surface area (Å²) in [5, 5.41) is 2.31. The van der Waals surface area contributed by atoms with Crippen molar-refractivity contribution in [2.75, 3.05) is 11.9 Å². The molecule has 0 amide bonds. The summed E-state index contributed by atoms with van der Waals surface area (Å²) < 4.78 is 14.6. The Balaban J connectivity index is 0.00000277. The summed E-state index contributed by atoms with van der Waals surface area (Å²) in [7, 11) is 1.76. The molecule has 7 heteroatoms. The summed E-state index contributed by atoms with van der Waals surface area (Å²) in [4.78, 5) is 6.90. The van der Waals surface area contributed by atoms with E-state index in [1.807, 2.05) is 67.8 Å². The van der Waals surface area contributed by atoms with E-state index in [2.05, 4.69) is 65.7 Å². The van der Waals surface area contributed by atoms with Crippen LogP contribution in [0.4, 0.5) is 5.69 Å². The summed E-state index contributed by atoms with van der Waals surface area (Å²) in [6.45, 7) is 4.19. The van der Waals surface area contributed by atoms with E-state index in [1.54, 1.807) is 0 Å². The van der Waals surface area contributed by atoms with Gasteiger partial charge < -0.3 is 18.8 Å². The summed E-state index contributed by atoms with van der Waals surface area (Å²) in [6.07, 6.45) is 1.91. The zero-order valence-electron chi connectivity index (χ0n) is 21.7. The van der Waals surface area contributed by atoms with Gasteiger partial charge in [-0.1, -0.05) is 29.4 Å². The van der Waals surface area contributed by atoms with Gasteiger partial charge in [0.05, 0.1) is 11.2 Å². The third-order valence-electron chi connectivity index (χ3n) is 7.00. The van der Waals surface area contributed by atoms with Crippen molar-refractivity contribution in [1.29, 1.82) is 0 Å². The number of hydrogen-bond donors (Lipinski definition) is 0. The van der Waals surface area contributed by atoms with Gasteiger partial charge in [-0.15, -0.1) is 35.8 Å². The Morgan fingerprint density at radius 2 is 1.59 bits per heavy atom. The number of anilines is 1. The molecule has 7 rings (SSSR count). The second-order valence-electron chi connectivity index (χ2n) is 9.76. The summed E-state index contributed by atoms with van der Waals surface area (Å²) in [6, 6.07) is 35.4. The van der Waals surface area contributed by atoms with Crippen molar-refractivity contribution in [2.45, 2.75) is 13.8 Å². The third kappa shape index (κ3) is 4.39. The van der Waals surface area contributed by atoms with Crippen molar-refractivity contribution >= 4 is 40.1 Å². The number of pyridine rings is 1. The van der Waals surface area contributed by atoms with Crippen molar-refractivity contribution in [3.05, 3.63) is 114 Å². The molecule has 5 nitrogen and oxygen atoms in total. The van der Waals surface area contributed by atoms with E-state index in [0.717, 1.165) is 44.7 Å². The topological polar surface area (TPSA) is 39.5 Å². The van der Waals surface area contributed by atoms with Gasteiger partial charge in [0.1, 0.15) is 11.4 Å². The molecule has 39 heavy (non-hydrogen) atoms. The molecule has 0 atom stereocenters. The van der Waals surface area contributed by atoms with E-state index < -0.39 is 0 Å². The SMILES string of the molecule is Cc1ccc2c(c1)c1cc(C)cnc1n2-c1[c-]c(Oc2[c-]c(B3Oc4ccccc4N3C)ccc2)ccc1.[Pt+2]. The number of para-hydroxylation sites is 2. The average molecular weight is 688 g/mol. The summed E-state index contributed by atoms with van der Waals surface area (Å²) in [5.41, 5.74) is 7.17. The van der Waals surface area contributed by atoms with Crippen molar-refractivity contribution in [3.63, 3.8) is 0 Å². The molecular weight excluding hydrogens is 664 g/mol. The molecule has 0 bridgehead atoms. The van der Waals surface area contributed by atoms with Crippen molar-refractivity contribution in [1.82, 2.24) is 9.55 Å². The summed E-state index contributed by atoms with van der Waals surface area (Å²) >= 11 is 0. The standard InChI is InChI=1S/C32H24BN3O2.Pt/c1-21-14-15-29-27(16-21)28-17-22(2)20-34-32(28)36(29)24-9-7-11-26(19-24)37-25-10-6-8-23(18-25)33-35(3)30-12-4-5-13-31(30)38-33;/h4-17,20H,1-3H3;/q-2;+2. The molecule has 3 heterocycles. The van der Waals surface area contributed by atoms with Crippen LogP contribution in [-0.4, -0.2) is 23.6 Å². The van der Waals surface area contributed by atoms with Crippen LogP contribution in [0, 0.1) is 26.0 Å². The first-order chi connectivity index (χ1) is 18.5. The molecule has 6 aromatic rings. The molecule has 1 aliphatic rings. The van der Waals surface area contributed by atoms with E-state index >= 15 is 0 Å². The number of nitrogens with zero attached hydrogens (tertiary/aromatic N) is 3. The minimum Gasteiger partial charge on any atom is -0.537 e. The van der Waals surface area contributed by atoms with E-state index in [4.69, 9.17) is 14.4 Å². The largest absolute Gasteiger partial charge is 2.00 e. The Labute approximate surface area is 242 Å². The van der Waals surface area contributed by atoms with Crippen LogP contribution in [-0.2, 0) is 21.1 Å². The number of rotatable bonds is 4. The molecule has 0 saturated carbocycles. The molecule has 192 valence electrons. The van der Waals surface area contributed by atoms with Gasteiger partial charge in [-0.2, -0.15) is 18.2 Å². The van der Waals surface area contributed by atoms with Crippen molar-refractivity contribution in [3.8, 4) is 22.9 Å².